The van der Waals surface area contributed by atoms with Crippen molar-refractivity contribution in [2.24, 2.45) is 11.3 Å². The molecule has 0 aromatic heterocycles. The molecule has 0 bridgehead atoms. The summed E-state index contributed by atoms with van der Waals surface area (Å²) in [5.74, 6) is 1.32. The number of carboxylic acids is 1. The monoisotopic (exact) mass is 478 g/mol. The molecule has 5 heteroatoms. The van der Waals surface area contributed by atoms with E-state index >= 15 is 0 Å². The van der Waals surface area contributed by atoms with E-state index in [1.165, 1.54) is 36.0 Å². The quantitative estimate of drug-likeness (QED) is 0.431. The van der Waals surface area contributed by atoms with E-state index in [0.717, 1.165) is 42.7 Å². The van der Waals surface area contributed by atoms with Gasteiger partial charge in [-0.2, -0.15) is 0 Å². The summed E-state index contributed by atoms with van der Waals surface area (Å²) in [4.78, 5) is 11.7. The van der Waals surface area contributed by atoms with Gasteiger partial charge in [0.15, 0.2) is 0 Å². The number of benzene rings is 2. The molecule has 5 rings (SSSR count). The van der Waals surface area contributed by atoms with Crippen LogP contribution in [0.4, 0.5) is 0 Å². The van der Waals surface area contributed by atoms with Gasteiger partial charge in [0.05, 0.1) is 12.5 Å². The van der Waals surface area contributed by atoms with E-state index in [1.807, 2.05) is 6.07 Å². The minimum atomic E-state index is -0.667. The number of carbonyl (C=O) groups is 1. The third-order valence-corrected chi connectivity index (χ3v) is 8.72. The molecule has 3 aliphatic rings. The highest BCUT2D eigenvalue weighted by Gasteiger charge is 2.60. The maximum Gasteiger partial charge on any atom is 0.307 e. The maximum absolute atomic E-state index is 11.7. The van der Waals surface area contributed by atoms with E-state index in [2.05, 4.69) is 44.2 Å². The zero-order valence-electron chi connectivity index (χ0n) is 21.3. The average molecular weight is 479 g/mol. The second-order valence-corrected chi connectivity index (χ2v) is 11.4. The van der Waals surface area contributed by atoms with Crippen molar-refractivity contribution in [2.75, 3.05) is 20.3 Å². The van der Waals surface area contributed by atoms with Gasteiger partial charge in [-0.1, -0.05) is 32.4 Å². The Bertz CT molecular complexity index is 1090. The Labute approximate surface area is 208 Å². The number of aliphatic carboxylic acids is 1. The van der Waals surface area contributed by atoms with Crippen molar-refractivity contribution < 1.29 is 24.1 Å². The summed E-state index contributed by atoms with van der Waals surface area (Å²) in [6.07, 6.45) is 7.45. The number of hydrogen-bond donors (Lipinski definition) is 1. The predicted molar refractivity (Wildman–Crippen MR) is 135 cm³/mol. The number of methoxy groups -OCH3 is 1. The van der Waals surface area contributed by atoms with Crippen molar-refractivity contribution in [3.8, 4) is 11.5 Å². The second-order valence-electron chi connectivity index (χ2n) is 11.4. The molecular formula is C30H38O5. The van der Waals surface area contributed by atoms with Gasteiger partial charge in [0.25, 0.3) is 0 Å². The van der Waals surface area contributed by atoms with E-state index in [-0.39, 0.29) is 16.7 Å². The molecule has 5 nitrogen and oxygen atoms in total. The van der Waals surface area contributed by atoms with Gasteiger partial charge in [0.1, 0.15) is 24.7 Å². The molecular weight excluding hydrogens is 440 g/mol. The predicted octanol–water partition coefficient (Wildman–Crippen LogP) is 6.26. The minimum absolute atomic E-state index is 0.179. The zero-order valence-corrected chi connectivity index (χ0v) is 21.3. The smallest absolute Gasteiger partial charge is 0.307 e. The first-order valence-electron chi connectivity index (χ1n) is 13.1. The molecule has 0 amide bonds. The van der Waals surface area contributed by atoms with E-state index in [1.54, 1.807) is 7.11 Å². The first-order chi connectivity index (χ1) is 16.8. The molecule has 188 valence electrons. The normalized spacial score (nSPS) is 26.4. The van der Waals surface area contributed by atoms with Crippen molar-refractivity contribution in [3.05, 3.63) is 58.7 Å². The lowest BCUT2D eigenvalue weighted by atomic mass is 9.77. The number of ether oxygens (including phenoxy) is 3. The Hall–Kier alpha value is -2.53. The molecule has 3 atom stereocenters. The van der Waals surface area contributed by atoms with Crippen molar-refractivity contribution in [1.29, 1.82) is 0 Å². The van der Waals surface area contributed by atoms with Crippen LogP contribution in [0.5, 0.6) is 11.5 Å². The van der Waals surface area contributed by atoms with Gasteiger partial charge in [-0.25, -0.2) is 0 Å². The molecule has 2 saturated carbocycles. The van der Waals surface area contributed by atoms with Crippen LogP contribution in [0.3, 0.4) is 0 Å². The van der Waals surface area contributed by atoms with Gasteiger partial charge in [-0.05, 0) is 96.4 Å². The van der Waals surface area contributed by atoms with Crippen LogP contribution in [0.1, 0.15) is 80.5 Å². The number of carboxylic acid groups (broad SMARTS) is 1. The van der Waals surface area contributed by atoms with Crippen LogP contribution < -0.4 is 9.47 Å². The third kappa shape index (κ3) is 4.67. The van der Waals surface area contributed by atoms with Crippen LogP contribution >= 0.6 is 0 Å². The Morgan fingerprint density at radius 3 is 2.63 bits per heavy atom. The number of hydrogen-bond acceptors (Lipinski definition) is 4. The van der Waals surface area contributed by atoms with Gasteiger partial charge in [0, 0.05) is 12.5 Å². The summed E-state index contributed by atoms with van der Waals surface area (Å²) in [6, 6.07) is 12.7. The Morgan fingerprint density at radius 1 is 1.06 bits per heavy atom. The molecule has 1 N–H and O–H groups in total. The van der Waals surface area contributed by atoms with Crippen LogP contribution in [0.15, 0.2) is 36.4 Å². The fourth-order valence-electron chi connectivity index (χ4n) is 6.66. The van der Waals surface area contributed by atoms with Crippen molar-refractivity contribution in [1.82, 2.24) is 0 Å². The van der Waals surface area contributed by atoms with Crippen LogP contribution in [0, 0.1) is 11.3 Å². The first-order valence-corrected chi connectivity index (χ1v) is 13.1. The van der Waals surface area contributed by atoms with Gasteiger partial charge >= 0.3 is 5.97 Å². The Kier molecular flexibility index (Phi) is 6.56. The molecule has 2 aromatic rings. The van der Waals surface area contributed by atoms with Crippen molar-refractivity contribution in [3.63, 3.8) is 0 Å². The fraction of sp³-hybridized carbons (Fsp3) is 0.567. The molecule has 35 heavy (non-hydrogen) atoms. The highest BCUT2D eigenvalue weighted by atomic mass is 16.5. The largest absolute Gasteiger partial charge is 0.491 e. The highest BCUT2D eigenvalue weighted by molar-refractivity contribution is 5.78. The summed E-state index contributed by atoms with van der Waals surface area (Å²) in [5, 5.41) is 9.61. The summed E-state index contributed by atoms with van der Waals surface area (Å²) >= 11 is 0. The topological polar surface area (TPSA) is 65.0 Å². The molecule has 0 heterocycles. The SMILES string of the molecule is COCCOc1ccc(COc2ccc3c(c2)[C@]2(CCC3)C[C@H]2C(=O)O)cc1[C@@H]1CCCC1(C)C. The van der Waals surface area contributed by atoms with Crippen molar-refractivity contribution in [2.45, 2.75) is 76.7 Å². The van der Waals surface area contributed by atoms with Gasteiger partial charge in [-0.3, -0.25) is 4.79 Å². The van der Waals surface area contributed by atoms with Gasteiger partial charge < -0.3 is 19.3 Å². The first kappa shape index (κ1) is 24.2. The number of aryl methyl sites for hydroxylation is 1. The van der Waals surface area contributed by atoms with E-state index in [0.29, 0.717) is 25.7 Å². The molecule has 0 radical (unpaired) electrons. The number of fused-ring (bicyclic) bond motifs is 2. The molecule has 3 aliphatic carbocycles. The Morgan fingerprint density at radius 2 is 1.91 bits per heavy atom. The lowest BCUT2D eigenvalue weighted by molar-refractivity contribution is -0.139. The van der Waals surface area contributed by atoms with Crippen LogP contribution in [-0.2, 0) is 28.0 Å². The lowest BCUT2D eigenvalue weighted by Gasteiger charge is -2.29. The zero-order chi connectivity index (χ0) is 24.6. The summed E-state index contributed by atoms with van der Waals surface area (Å²) in [5.41, 5.74) is 4.96. The average Bonchev–Trinajstić information content (AvgIpc) is 3.45. The fourth-order valence-corrected chi connectivity index (χ4v) is 6.66. The minimum Gasteiger partial charge on any atom is -0.491 e. The van der Waals surface area contributed by atoms with E-state index in [4.69, 9.17) is 14.2 Å². The van der Waals surface area contributed by atoms with Crippen LogP contribution in [-0.4, -0.2) is 31.4 Å². The molecule has 0 aliphatic heterocycles. The maximum atomic E-state index is 11.7. The van der Waals surface area contributed by atoms with Gasteiger partial charge in [-0.15, -0.1) is 0 Å². The van der Waals surface area contributed by atoms with E-state index < -0.39 is 5.97 Å². The lowest BCUT2D eigenvalue weighted by Crippen LogP contribution is -2.21. The summed E-state index contributed by atoms with van der Waals surface area (Å²) in [6.45, 7) is 6.31. The summed E-state index contributed by atoms with van der Waals surface area (Å²) < 4.78 is 17.6. The molecule has 0 unspecified atom stereocenters. The van der Waals surface area contributed by atoms with E-state index in [9.17, 15) is 9.90 Å². The highest BCUT2D eigenvalue weighted by Crippen LogP contribution is 2.60. The number of rotatable bonds is 9. The Balaban J connectivity index is 1.35. The van der Waals surface area contributed by atoms with Crippen molar-refractivity contribution >= 4 is 5.97 Å². The summed E-state index contributed by atoms with van der Waals surface area (Å²) in [7, 11) is 1.69. The van der Waals surface area contributed by atoms with Crippen LogP contribution in [0.2, 0.25) is 0 Å². The molecule has 2 aromatic carbocycles. The van der Waals surface area contributed by atoms with Gasteiger partial charge in [0.2, 0.25) is 0 Å². The molecule has 0 saturated heterocycles. The van der Waals surface area contributed by atoms with Crippen LogP contribution in [0.25, 0.3) is 0 Å². The second kappa shape index (κ2) is 9.50. The third-order valence-electron chi connectivity index (χ3n) is 8.72. The molecule has 2 fully saturated rings. The molecule has 1 spiro atoms. The standard InChI is InChI=1S/C30H38O5/c1-29(2)12-5-7-24(29)23-16-20(8-11-27(23)34-15-14-33-3)19-35-22-10-9-21-6-4-13-30(25(21)17-22)18-26(30)28(31)32/h8-11,16-17,24,26H,4-7,12-15,18-19H2,1-3H3,(H,31,32)/t24-,26-,30-/m0/s1.